The first-order chi connectivity index (χ1) is 12.8. The summed E-state index contributed by atoms with van der Waals surface area (Å²) in [6.45, 7) is 1.50. The lowest BCUT2D eigenvalue weighted by molar-refractivity contribution is -0.151. The average Bonchev–Trinajstić information content (AvgIpc) is 3.11. The van der Waals surface area contributed by atoms with Crippen molar-refractivity contribution >= 4 is 39.5 Å². The molecule has 148 valence electrons. The summed E-state index contributed by atoms with van der Waals surface area (Å²) in [6.07, 6.45) is 0.765. The number of rotatable bonds is 6. The van der Waals surface area contributed by atoms with Gasteiger partial charge in [-0.1, -0.05) is 11.6 Å². The summed E-state index contributed by atoms with van der Waals surface area (Å²) in [6, 6.07) is 3.89. The molecule has 9 nitrogen and oxygen atoms in total. The van der Waals surface area contributed by atoms with Crippen LogP contribution in [0.3, 0.4) is 0 Å². The highest BCUT2D eigenvalue weighted by Crippen LogP contribution is 2.27. The highest BCUT2D eigenvalue weighted by atomic mass is 35.5. The van der Waals surface area contributed by atoms with Crippen molar-refractivity contribution in [3.63, 3.8) is 0 Å². The second-order valence-electron chi connectivity index (χ2n) is 5.74. The van der Waals surface area contributed by atoms with Gasteiger partial charge in [0.15, 0.2) is 6.61 Å². The fourth-order valence-corrected chi connectivity index (χ4v) is 4.38. The highest BCUT2D eigenvalue weighted by Gasteiger charge is 2.40. The van der Waals surface area contributed by atoms with Crippen LogP contribution in [-0.2, 0) is 24.3 Å². The van der Waals surface area contributed by atoms with Crippen molar-refractivity contribution in [2.45, 2.75) is 30.7 Å². The molecule has 2 rings (SSSR count). The highest BCUT2D eigenvalue weighted by molar-refractivity contribution is 7.89. The molecule has 1 aromatic carbocycles. The Balaban J connectivity index is 2.00. The van der Waals surface area contributed by atoms with Gasteiger partial charge in [0.2, 0.25) is 10.0 Å². The number of carbonyl (C=O) groups excluding carboxylic acids is 3. The van der Waals surface area contributed by atoms with Crippen LogP contribution in [0.1, 0.15) is 19.8 Å². The van der Waals surface area contributed by atoms with E-state index >= 15 is 0 Å². The standard InChI is InChI=1S/C16H20ClN3O6S/c1-2-18-16(23)19-14(21)10-26-15(22)13-4-3-9-20(13)27(24,25)12-7-5-11(17)6-8-12/h5-8,13H,2-4,9-10H2,1H3,(H2,18,19,21,23)/t13-/m0/s1. The molecule has 2 N–H and O–H groups in total. The molecule has 3 amide bonds. The number of benzene rings is 1. The molecule has 0 unspecified atom stereocenters. The summed E-state index contributed by atoms with van der Waals surface area (Å²) in [7, 11) is -3.91. The lowest BCUT2D eigenvalue weighted by atomic mass is 10.2. The van der Waals surface area contributed by atoms with Gasteiger partial charge in [0.1, 0.15) is 6.04 Å². The molecule has 1 aliphatic rings. The maximum atomic E-state index is 12.8. The predicted molar refractivity (Wildman–Crippen MR) is 96.5 cm³/mol. The van der Waals surface area contributed by atoms with Crippen LogP contribution < -0.4 is 10.6 Å². The van der Waals surface area contributed by atoms with Crippen molar-refractivity contribution < 1.29 is 27.5 Å². The number of nitrogens with zero attached hydrogens (tertiary/aromatic N) is 1. The van der Waals surface area contributed by atoms with Gasteiger partial charge in [-0.15, -0.1) is 0 Å². The maximum absolute atomic E-state index is 12.8. The van der Waals surface area contributed by atoms with Gasteiger partial charge in [-0.25, -0.2) is 13.2 Å². The van der Waals surface area contributed by atoms with E-state index in [1.165, 1.54) is 24.3 Å². The largest absolute Gasteiger partial charge is 0.454 e. The van der Waals surface area contributed by atoms with Crippen molar-refractivity contribution in [3.05, 3.63) is 29.3 Å². The second-order valence-corrected chi connectivity index (χ2v) is 8.07. The third-order valence-electron chi connectivity index (χ3n) is 3.83. The van der Waals surface area contributed by atoms with Crippen molar-refractivity contribution in [1.29, 1.82) is 0 Å². The molecule has 0 aromatic heterocycles. The monoisotopic (exact) mass is 417 g/mol. The van der Waals surface area contributed by atoms with Crippen LogP contribution in [0.2, 0.25) is 5.02 Å². The number of urea groups is 1. The molecule has 0 radical (unpaired) electrons. The zero-order chi connectivity index (χ0) is 20.0. The van der Waals surface area contributed by atoms with Gasteiger partial charge in [0, 0.05) is 18.1 Å². The fraction of sp³-hybridized carbons (Fsp3) is 0.438. The first-order valence-corrected chi connectivity index (χ1v) is 10.1. The SMILES string of the molecule is CCNC(=O)NC(=O)COC(=O)[C@@H]1CCCN1S(=O)(=O)c1ccc(Cl)cc1. The predicted octanol–water partition coefficient (Wildman–Crippen LogP) is 0.882. The average molecular weight is 418 g/mol. The molecule has 0 aliphatic carbocycles. The number of amides is 3. The van der Waals surface area contributed by atoms with Crippen molar-refractivity contribution in [2.75, 3.05) is 19.7 Å². The summed E-state index contributed by atoms with van der Waals surface area (Å²) >= 11 is 5.78. The number of hydrogen-bond donors (Lipinski definition) is 2. The van der Waals surface area contributed by atoms with Gasteiger partial charge in [0.05, 0.1) is 4.90 Å². The van der Waals surface area contributed by atoms with E-state index in [2.05, 4.69) is 5.32 Å². The molecule has 1 atom stereocenters. The van der Waals surface area contributed by atoms with E-state index in [1.54, 1.807) is 6.92 Å². The Kier molecular flexibility index (Phi) is 7.17. The Hall–Kier alpha value is -2.17. The number of esters is 1. The number of hydrogen-bond acceptors (Lipinski definition) is 6. The van der Waals surface area contributed by atoms with E-state index in [-0.39, 0.29) is 17.9 Å². The molecule has 1 aliphatic heterocycles. The molecule has 0 bridgehead atoms. The quantitative estimate of drug-likeness (QED) is 0.662. The maximum Gasteiger partial charge on any atom is 0.324 e. The molecule has 27 heavy (non-hydrogen) atoms. The summed E-state index contributed by atoms with van der Waals surface area (Å²) in [5.74, 6) is -1.64. The summed E-state index contributed by atoms with van der Waals surface area (Å²) < 4.78 is 31.5. The molecule has 1 heterocycles. The molecule has 11 heteroatoms. The summed E-state index contributed by atoms with van der Waals surface area (Å²) in [5.41, 5.74) is 0. The number of nitrogens with one attached hydrogen (secondary N) is 2. The van der Waals surface area contributed by atoms with Crippen LogP contribution >= 0.6 is 11.6 Å². The molecule has 1 fully saturated rings. The van der Waals surface area contributed by atoms with Crippen LogP contribution in [0.4, 0.5) is 4.79 Å². The fourth-order valence-electron chi connectivity index (χ4n) is 2.61. The van der Waals surface area contributed by atoms with E-state index < -0.39 is 40.6 Å². The third-order valence-corrected chi connectivity index (χ3v) is 6.01. The van der Waals surface area contributed by atoms with Gasteiger partial charge in [-0.2, -0.15) is 4.31 Å². The topological polar surface area (TPSA) is 122 Å². The van der Waals surface area contributed by atoms with Gasteiger partial charge in [-0.3, -0.25) is 14.9 Å². The Morgan fingerprint density at radius 3 is 2.56 bits per heavy atom. The summed E-state index contributed by atoms with van der Waals surface area (Å²) in [4.78, 5) is 35.1. The second kappa shape index (κ2) is 9.16. The Labute approximate surface area is 162 Å². The summed E-state index contributed by atoms with van der Waals surface area (Å²) in [5, 5.41) is 4.74. The molecular formula is C16H20ClN3O6S. The van der Waals surface area contributed by atoms with Crippen LogP contribution in [0.5, 0.6) is 0 Å². The third kappa shape index (κ3) is 5.41. The lowest BCUT2D eigenvalue weighted by Crippen LogP contribution is -2.44. The Morgan fingerprint density at radius 2 is 1.93 bits per heavy atom. The van der Waals surface area contributed by atoms with Crippen LogP contribution in [-0.4, -0.2) is 56.4 Å². The van der Waals surface area contributed by atoms with E-state index in [9.17, 15) is 22.8 Å². The first-order valence-electron chi connectivity index (χ1n) is 8.27. The number of imide groups is 1. The lowest BCUT2D eigenvalue weighted by Gasteiger charge is -2.22. The molecular weight excluding hydrogens is 398 g/mol. The molecule has 0 saturated carbocycles. The van der Waals surface area contributed by atoms with E-state index in [0.717, 1.165) is 4.31 Å². The van der Waals surface area contributed by atoms with Crippen LogP contribution in [0, 0.1) is 0 Å². The van der Waals surface area contributed by atoms with E-state index in [1.807, 2.05) is 5.32 Å². The molecule has 0 spiro atoms. The zero-order valence-electron chi connectivity index (χ0n) is 14.6. The number of carbonyl (C=O) groups is 3. The van der Waals surface area contributed by atoms with Gasteiger partial charge >= 0.3 is 12.0 Å². The zero-order valence-corrected chi connectivity index (χ0v) is 16.2. The number of halogens is 1. The Morgan fingerprint density at radius 1 is 1.26 bits per heavy atom. The van der Waals surface area contributed by atoms with Gasteiger partial charge < -0.3 is 10.1 Å². The minimum Gasteiger partial charge on any atom is -0.454 e. The van der Waals surface area contributed by atoms with Gasteiger partial charge in [0.25, 0.3) is 5.91 Å². The van der Waals surface area contributed by atoms with Gasteiger partial charge in [-0.05, 0) is 44.0 Å². The molecule has 1 aromatic rings. The van der Waals surface area contributed by atoms with Crippen molar-refractivity contribution in [3.8, 4) is 0 Å². The van der Waals surface area contributed by atoms with Crippen molar-refractivity contribution in [1.82, 2.24) is 14.9 Å². The number of sulfonamides is 1. The Bertz CT molecular complexity index is 812. The smallest absolute Gasteiger partial charge is 0.324 e. The van der Waals surface area contributed by atoms with Crippen molar-refractivity contribution in [2.24, 2.45) is 0 Å². The van der Waals surface area contributed by atoms with E-state index in [0.29, 0.717) is 18.0 Å². The number of ether oxygens (including phenoxy) is 1. The first kappa shape index (κ1) is 21.1. The van der Waals surface area contributed by atoms with Crippen LogP contribution in [0.15, 0.2) is 29.2 Å². The minimum absolute atomic E-state index is 0.0144. The van der Waals surface area contributed by atoms with E-state index in [4.69, 9.17) is 16.3 Å². The van der Waals surface area contributed by atoms with Crippen LogP contribution in [0.25, 0.3) is 0 Å². The normalized spacial score (nSPS) is 17.3. The molecule has 1 saturated heterocycles. The minimum atomic E-state index is -3.91.